The number of carbonyl (C=O) groups excluding carboxylic acids is 1. The average molecular weight is 489 g/mol. The van der Waals surface area contributed by atoms with Crippen molar-refractivity contribution in [2.24, 2.45) is 5.92 Å². The van der Waals surface area contributed by atoms with Crippen LogP contribution in [0.5, 0.6) is 0 Å². The predicted molar refractivity (Wildman–Crippen MR) is 123 cm³/mol. The molecular formula is C25H24ClF3N4O. The molecule has 4 rings (SSSR count). The first-order valence-electron chi connectivity index (χ1n) is 11.0. The summed E-state index contributed by atoms with van der Waals surface area (Å²) in [5, 5.41) is 3.70. The topological polar surface area (TPSA) is 58.1 Å². The Labute approximate surface area is 201 Å². The number of benzene rings is 2. The van der Waals surface area contributed by atoms with Crippen LogP contribution < -0.4 is 5.32 Å². The Bertz CT molecular complexity index is 1100. The van der Waals surface area contributed by atoms with Gasteiger partial charge < -0.3 is 5.32 Å². The Balaban J connectivity index is 1.38. The van der Waals surface area contributed by atoms with Gasteiger partial charge in [-0.2, -0.15) is 13.2 Å². The van der Waals surface area contributed by atoms with Crippen LogP contribution in [0.4, 0.5) is 13.2 Å². The lowest BCUT2D eigenvalue weighted by molar-refractivity contribution is -0.137. The van der Waals surface area contributed by atoms with E-state index >= 15 is 0 Å². The van der Waals surface area contributed by atoms with Crippen LogP contribution in [0.15, 0.2) is 67.1 Å². The van der Waals surface area contributed by atoms with Gasteiger partial charge in [-0.3, -0.25) is 19.7 Å². The second-order valence-electron chi connectivity index (χ2n) is 8.37. The smallest absolute Gasteiger partial charge is 0.343 e. The van der Waals surface area contributed by atoms with Crippen molar-refractivity contribution in [1.82, 2.24) is 20.2 Å². The molecule has 0 spiro atoms. The first-order valence-corrected chi connectivity index (χ1v) is 11.4. The number of amides is 1. The van der Waals surface area contributed by atoms with Crippen molar-refractivity contribution in [2.45, 2.75) is 31.6 Å². The molecule has 1 saturated heterocycles. The van der Waals surface area contributed by atoms with Gasteiger partial charge in [-0.05, 0) is 55.3 Å². The molecular weight excluding hydrogens is 465 g/mol. The van der Waals surface area contributed by atoms with Crippen molar-refractivity contribution >= 4 is 17.5 Å². The highest BCUT2D eigenvalue weighted by Gasteiger charge is 2.31. The van der Waals surface area contributed by atoms with Crippen molar-refractivity contribution in [2.75, 3.05) is 13.1 Å². The predicted octanol–water partition coefficient (Wildman–Crippen LogP) is 5.27. The number of rotatable bonds is 6. The summed E-state index contributed by atoms with van der Waals surface area (Å²) in [6.07, 6.45) is 1.67. The fourth-order valence-electron chi connectivity index (χ4n) is 4.16. The van der Waals surface area contributed by atoms with Crippen molar-refractivity contribution in [3.63, 3.8) is 0 Å². The Morgan fingerprint density at radius 2 is 1.85 bits per heavy atom. The van der Waals surface area contributed by atoms with E-state index in [1.54, 1.807) is 36.8 Å². The number of alkyl halides is 3. The zero-order valence-corrected chi connectivity index (χ0v) is 19.1. The van der Waals surface area contributed by atoms with Crippen LogP contribution in [0.3, 0.4) is 0 Å². The van der Waals surface area contributed by atoms with Crippen molar-refractivity contribution in [3.05, 3.63) is 94.5 Å². The normalized spacial score (nSPS) is 16.2. The van der Waals surface area contributed by atoms with E-state index in [4.69, 9.17) is 11.6 Å². The van der Waals surface area contributed by atoms with Crippen LogP contribution in [0, 0.1) is 5.92 Å². The molecule has 1 aromatic heterocycles. The van der Waals surface area contributed by atoms with E-state index in [0.29, 0.717) is 48.8 Å². The minimum Gasteiger partial charge on any atom is -0.343 e. The standard InChI is InChI=1S/C25H24ClF3N4O/c26-21-6-4-18(5-7-21)23(22-15-30-10-11-31-22)32-24(34)19-8-12-33(13-9-19)16-17-2-1-3-20(14-17)25(27,28)29/h1-7,10-11,14-15,19,23H,8-9,12-13,16H2,(H,32,34). The van der Waals surface area contributed by atoms with Crippen LogP contribution in [-0.2, 0) is 17.5 Å². The van der Waals surface area contributed by atoms with Crippen molar-refractivity contribution in [3.8, 4) is 0 Å². The van der Waals surface area contributed by atoms with E-state index in [2.05, 4.69) is 20.2 Å². The molecule has 1 N–H and O–H groups in total. The van der Waals surface area contributed by atoms with E-state index in [1.165, 1.54) is 12.1 Å². The Kier molecular flexibility index (Phi) is 7.48. The third-order valence-electron chi connectivity index (χ3n) is 5.99. The fourth-order valence-corrected chi connectivity index (χ4v) is 4.29. The molecule has 1 amide bonds. The molecule has 1 aliphatic rings. The summed E-state index contributed by atoms with van der Waals surface area (Å²) in [6, 6.07) is 12.2. The van der Waals surface area contributed by atoms with Crippen molar-refractivity contribution < 1.29 is 18.0 Å². The number of piperidine rings is 1. The Morgan fingerprint density at radius 3 is 2.50 bits per heavy atom. The summed E-state index contributed by atoms with van der Waals surface area (Å²) in [5.41, 5.74) is 1.44. The highest BCUT2D eigenvalue weighted by molar-refractivity contribution is 6.30. The van der Waals surface area contributed by atoms with Crippen LogP contribution in [-0.4, -0.2) is 33.9 Å². The average Bonchev–Trinajstić information content (AvgIpc) is 2.84. The second-order valence-corrected chi connectivity index (χ2v) is 8.81. The number of likely N-dealkylation sites (tertiary alicyclic amines) is 1. The molecule has 178 valence electrons. The van der Waals surface area contributed by atoms with E-state index < -0.39 is 17.8 Å². The summed E-state index contributed by atoms with van der Waals surface area (Å²) < 4.78 is 38.9. The summed E-state index contributed by atoms with van der Waals surface area (Å²) in [5.74, 6) is -0.270. The second kappa shape index (κ2) is 10.5. The molecule has 1 atom stereocenters. The summed E-state index contributed by atoms with van der Waals surface area (Å²) in [7, 11) is 0. The lowest BCUT2D eigenvalue weighted by atomic mass is 9.94. The minimum atomic E-state index is -4.36. The van der Waals surface area contributed by atoms with Gasteiger partial charge in [0.2, 0.25) is 5.91 Å². The van der Waals surface area contributed by atoms with Gasteiger partial charge in [0, 0.05) is 29.9 Å². The molecule has 0 bridgehead atoms. The van der Waals surface area contributed by atoms with Gasteiger partial charge >= 0.3 is 6.18 Å². The molecule has 0 saturated carbocycles. The molecule has 3 aromatic rings. The van der Waals surface area contributed by atoms with Gasteiger partial charge in [0.05, 0.1) is 23.5 Å². The van der Waals surface area contributed by atoms with Crippen LogP contribution in [0.25, 0.3) is 0 Å². The molecule has 1 unspecified atom stereocenters. The fraction of sp³-hybridized carbons (Fsp3) is 0.320. The highest BCUT2D eigenvalue weighted by Crippen LogP contribution is 2.30. The molecule has 9 heteroatoms. The molecule has 2 heterocycles. The number of nitrogens with zero attached hydrogens (tertiary/aromatic N) is 3. The van der Waals surface area contributed by atoms with E-state index in [1.807, 2.05) is 12.1 Å². The Hall–Kier alpha value is -2.97. The molecule has 0 aliphatic carbocycles. The first kappa shape index (κ1) is 24.2. The molecule has 1 aliphatic heterocycles. The minimum absolute atomic E-state index is 0.0793. The number of aromatic nitrogens is 2. The number of carbonyl (C=O) groups is 1. The third kappa shape index (κ3) is 6.12. The zero-order chi connectivity index (χ0) is 24.1. The van der Waals surface area contributed by atoms with Gasteiger partial charge in [-0.1, -0.05) is 41.9 Å². The maximum atomic E-state index is 13.1. The van der Waals surface area contributed by atoms with E-state index in [0.717, 1.165) is 11.6 Å². The highest BCUT2D eigenvalue weighted by atomic mass is 35.5. The maximum Gasteiger partial charge on any atom is 0.416 e. The summed E-state index contributed by atoms with van der Waals surface area (Å²) >= 11 is 6.02. The van der Waals surface area contributed by atoms with Crippen LogP contribution >= 0.6 is 11.6 Å². The van der Waals surface area contributed by atoms with Crippen molar-refractivity contribution in [1.29, 1.82) is 0 Å². The molecule has 1 fully saturated rings. The number of nitrogens with one attached hydrogen (secondary N) is 1. The van der Waals surface area contributed by atoms with Gasteiger partial charge in [0.1, 0.15) is 0 Å². The van der Waals surface area contributed by atoms with Gasteiger partial charge in [-0.15, -0.1) is 0 Å². The zero-order valence-electron chi connectivity index (χ0n) is 18.3. The third-order valence-corrected chi connectivity index (χ3v) is 6.24. The van der Waals surface area contributed by atoms with Gasteiger partial charge in [-0.25, -0.2) is 0 Å². The summed E-state index contributed by atoms with van der Waals surface area (Å²) in [6.45, 7) is 1.68. The SMILES string of the molecule is O=C(NC(c1ccc(Cl)cc1)c1cnccn1)C1CCN(Cc2cccc(C(F)(F)F)c2)CC1. The maximum absolute atomic E-state index is 13.1. The van der Waals surface area contributed by atoms with E-state index in [9.17, 15) is 18.0 Å². The van der Waals surface area contributed by atoms with Gasteiger partial charge in [0.25, 0.3) is 0 Å². The molecule has 2 aromatic carbocycles. The lowest BCUT2D eigenvalue weighted by Gasteiger charge is -2.32. The molecule has 34 heavy (non-hydrogen) atoms. The summed E-state index contributed by atoms with van der Waals surface area (Å²) in [4.78, 5) is 23.7. The Morgan fingerprint density at radius 1 is 1.12 bits per heavy atom. The first-order chi connectivity index (χ1) is 16.3. The largest absolute Gasteiger partial charge is 0.416 e. The number of hydrogen-bond donors (Lipinski definition) is 1. The van der Waals surface area contributed by atoms with Crippen LogP contribution in [0.2, 0.25) is 5.02 Å². The van der Waals surface area contributed by atoms with Gasteiger partial charge in [0.15, 0.2) is 0 Å². The number of hydrogen-bond acceptors (Lipinski definition) is 4. The number of halogens is 4. The lowest BCUT2D eigenvalue weighted by Crippen LogP contribution is -2.41. The van der Waals surface area contributed by atoms with Crippen LogP contribution in [0.1, 0.15) is 41.3 Å². The quantitative estimate of drug-likeness (QED) is 0.514. The molecule has 0 radical (unpaired) electrons. The molecule has 5 nitrogen and oxygen atoms in total. The van der Waals surface area contributed by atoms with E-state index in [-0.39, 0.29) is 11.8 Å². The monoisotopic (exact) mass is 488 g/mol.